The maximum absolute atomic E-state index is 15.8. The van der Waals surface area contributed by atoms with Gasteiger partial charge in [-0.1, -0.05) is 49.4 Å². The number of thiazole rings is 6. The number of nitrogens with two attached hydrogens (primary N) is 1. The van der Waals surface area contributed by atoms with Crippen LogP contribution in [-0.2, 0) is 63.6 Å². The van der Waals surface area contributed by atoms with E-state index in [0.717, 1.165) is 34.0 Å². The average Bonchev–Trinajstić information content (AvgIpc) is 1.66. The third-order valence-electron chi connectivity index (χ3n) is 18.7. The van der Waals surface area contributed by atoms with Crippen LogP contribution in [0, 0.1) is 18.8 Å². The van der Waals surface area contributed by atoms with Crippen molar-refractivity contribution in [3.8, 4) is 49.1 Å². The lowest BCUT2D eigenvalue weighted by atomic mass is 9.87. The van der Waals surface area contributed by atoms with E-state index in [1.807, 2.05) is 6.92 Å². The second-order valence-corrected chi connectivity index (χ2v) is 31.9. The minimum atomic E-state index is -1.37. The standard InChI is InChI=1S/C75H76N12O18S6/c1-8-101-75(98)105-45-21-17-41(18-22-45)28-50-72(95)87-31-56(102-39(4)88)37(2)62(87)71-83-54(35-109-71)69-80-51(32-108-69)61-46(25-26-48(77-61)68-84-58(36-110-68)86(27-13-12-16-59(92)99-6)74(97)104-44-23-19-43(20-24-44)73(96)100-7)66-81-52(33-106-66)64(93)78-49(30-57(76)91)70-85-60(38(3)111-70)55(90)29-47(67-82-53(34-107-67)65(94)79-50)63(103-40(5)89)42-14-10-9-11-15-42/h9-11,14-15,17-18,21-22,25-26,32-37,43-44,47,49-50,56,62-63H,8,12-13,16,19-20,23-24,27-31H2,1-7H3,(H2,76,91)(H,78,93)(H,79,94)/t37-,43?,44?,47-,49-,50-,56-,62-,63+/m0/s1. The molecule has 3 aliphatic rings. The summed E-state index contributed by atoms with van der Waals surface area (Å²) >= 11 is 6.83. The van der Waals surface area contributed by atoms with Gasteiger partial charge in [0, 0.05) is 82.9 Å². The lowest BCUT2D eigenvalue weighted by molar-refractivity contribution is -0.148. The van der Waals surface area contributed by atoms with E-state index in [4.69, 9.17) is 73.8 Å². The van der Waals surface area contributed by atoms with Crippen molar-refractivity contribution in [1.82, 2.24) is 50.4 Å². The second-order valence-electron chi connectivity index (χ2n) is 26.3. The lowest BCUT2D eigenvalue weighted by Crippen LogP contribution is -2.50. The number of carbonyl (C=O) groups is 11. The number of amides is 5. The molecule has 36 heteroatoms. The molecule has 7 aromatic heterocycles. The molecule has 10 bridgehead atoms. The minimum Gasteiger partial charge on any atom is -0.469 e. The lowest BCUT2D eigenvalue weighted by Gasteiger charge is -2.29. The Balaban J connectivity index is 0.952. The largest absolute Gasteiger partial charge is 0.513 e. The number of pyridine rings is 1. The normalized spacial score (nSPS) is 19.6. The molecular weight excluding hydrogens is 1550 g/mol. The number of carbonyl (C=O) groups excluding carboxylic acids is 11. The molecule has 4 N–H and O–H groups in total. The molecule has 0 spiro atoms. The van der Waals surface area contributed by atoms with Crippen molar-refractivity contribution in [3.63, 3.8) is 0 Å². The first-order chi connectivity index (χ1) is 53.4. The molecule has 2 aliphatic heterocycles. The maximum Gasteiger partial charge on any atom is 0.513 e. The highest BCUT2D eigenvalue weighted by atomic mass is 32.1. The van der Waals surface area contributed by atoms with Gasteiger partial charge in [-0.05, 0) is 87.8 Å². The van der Waals surface area contributed by atoms with E-state index in [9.17, 15) is 38.4 Å². The second kappa shape index (κ2) is 36.0. The zero-order chi connectivity index (χ0) is 78.7. The molecular formula is C75H76N12O18S6. The number of aryl methyl sites for hydroxylation is 1. The van der Waals surface area contributed by atoms with E-state index in [1.165, 1.54) is 94.8 Å². The maximum atomic E-state index is 15.8. The number of anilines is 1. The van der Waals surface area contributed by atoms with Gasteiger partial charge in [-0.25, -0.2) is 44.5 Å². The summed E-state index contributed by atoms with van der Waals surface area (Å²) in [4.78, 5) is 189. The molecule has 580 valence electrons. The highest BCUT2D eigenvalue weighted by molar-refractivity contribution is 7.15. The Morgan fingerprint density at radius 3 is 2.05 bits per heavy atom. The zero-order valence-electron chi connectivity index (χ0n) is 61.0. The Morgan fingerprint density at radius 2 is 1.33 bits per heavy atom. The van der Waals surface area contributed by atoms with Crippen molar-refractivity contribution >= 4 is 139 Å². The zero-order valence-corrected chi connectivity index (χ0v) is 65.9. The summed E-state index contributed by atoms with van der Waals surface area (Å²) in [7, 11) is 2.64. The molecule has 2 fully saturated rings. The van der Waals surface area contributed by atoms with E-state index >= 15 is 14.4 Å². The molecule has 0 unspecified atom stereocenters. The van der Waals surface area contributed by atoms with Crippen LogP contribution in [0.1, 0.15) is 172 Å². The van der Waals surface area contributed by atoms with Gasteiger partial charge in [-0.2, -0.15) is 0 Å². The van der Waals surface area contributed by atoms with Crippen molar-refractivity contribution in [1.29, 1.82) is 0 Å². The first-order valence-electron chi connectivity index (χ1n) is 35.4. The summed E-state index contributed by atoms with van der Waals surface area (Å²) in [5, 5.41) is 15.9. The Kier molecular flexibility index (Phi) is 25.9. The first-order valence-corrected chi connectivity index (χ1v) is 40.6. The number of aromatic nitrogens is 7. The number of fused-ring (bicyclic) bond motifs is 16. The number of primary amides is 1. The van der Waals surface area contributed by atoms with Crippen LogP contribution in [0.15, 0.2) is 93.6 Å². The summed E-state index contributed by atoms with van der Waals surface area (Å²) < 4.78 is 38.2. The van der Waals surface area contributed by atoms with E-state index in [1.54, 1.807) is 84.6 Å². The fourth-order valence-electron chi connectivity index (χ4n) is 13.3. The van der Waals surface area contributed by atoms with Gasteiger partial charge in [-0.3, -0.25) is 48.1 Å². The Bertz CT molecular complexity index is 4950. The molecule has 9 heterocycles. The predicted molar refractivity (Wildman–Crippen MR) is 410 cm³/mol. The number of ether oxygens (including phenoxy) is 7. The van der Waals surface area contributed by atoms with Crippen molar-refractivity contribution in [2.75, 3.05) is 38.8 Å². The SMILES string of the molecule is CCOC(=O)Oc1ccc(C[C@@H]2NC(=O)c3csc(n3)[C@H]([C@H](OC(C)=O)c3ccccc3)CC(=O)c3nc(sc3C)[C@H](CC(N)=O)NC(=O)c3csc(n3)-c3ccc(-c4nc(N(CCCCC(=O)OC)C(=O)OC5CCC(C(=O)OC)CC5)cs4)nc3-c3csc(n3)-c3csc(n3)[C@@H]3[C@@H](C)[C@@H](OC(C)=O)CN3C2=O)cc1. The molecule has 0 radical (unpaired) electrons. The molecule has 30 nitrogen and oxygen atoms in total. The number of rotatable bonds is 19. The van der Waals surface area contributed by atoms with Gasteiger partial charge < -0.3 is 54.4 Å². The number of methoxy groups -OCH3 is 2. The quantitative estimate of drug-likeness (QED) is 0.0293. The van der Waals surface area contributed by atoms with Gasteiger partial charge in [0.05, 0.1) is 63.4 Å². The molecule has 1 saturated heterocycles. The van der Waals surface area contributed by atoms with Crippen LogP contribution < -0.4 is 26.0 Å². The van der Waals surface area contributed by atoms with Crippen LogP contribution in [0.4, 0.5) is 15.4 Å². The van der Waals surface area contributed by atoms with Gasteiger partial charge in [0.2, 0.25) is 11.8 Å². The van der Waals surface area contributed by atoms with Gasteiger partial charge in [0.15, 0.2) is 5.78 Å². The van der Waals surface area contributed by atoms with Crippen molar-refractivity contribution in [2.45, 2.75) is 141 Å². The van der Waals surface area contributed by atoms with E-state index in [2.05, 4.69) is 10.6 Å². The molecule has 2 aromatic carbocycles. The molecule has 9 aromatic rings. The third-order valence-corrected chi connectivity index (χ3v) is 24.3. The van der Waals surface area contributed by atoms with Crippen LogP contribution in [0.25, 0.3) is 43.4 Å². The predicted octanol–water partition coefficient (Wildman–Crippen LogP) is 12.2. The topological polar surface area (TPSA) is 399 Å². The fourth-order valence-corrected chi connectivity index (χ4v) is 18.6. The van der Waals surface area contributed by atoms with E-state index < -0.39 is 121 Å². The minimum absolute atomic E-state index is 0.0315. The van der Waals surface area contributed by atoms with Crippen molar-refractivity contribution in [3.05, 3.63) is 142 Å². The smallest absolute Gasteiger partial charge is 0.469 e. The average molecular weight is 1630 g/mol. The number of nitrogens with zero attached hydrogens (tertiary/aromatic N) is 9. The summed E-state index contributed by atoms with van der Waals surface area (Å²) in [6, 6.07) is 15.0. The van der Waals surface area contributed by atoms with Gasteiger partial charge in [0.25, 0.3) is 11.8 Å². The fraction of sp³-hybridized carbons (Fsp3) is 0.387. The van der Waals surface area contributed by atoms with Crippen molar-refractivity contribution in [2.24, 2.45) is 17.6 Å². The first kappa shape index (κ1) is 79.9. The van der Waals surface area contributed by atoms with Gasteiger partial charge in [-0.15, -0.1) is 68.0 Å². The highest BCUT2D eigenvalue weighted by Crippen LogP contribution is 2.45. The monoisotopic (exact) mass is 1620 g/mol. The summed E-state index contributed by atoms with van der Waals surface area (Å²) in [6.07, 6.45) is -2.35. The number of Topliss-reactive ketones (excluding diaryl/α,β-unsaturated/α-hetero) is 1. The summed E-state index contributed by atoms with van der Waals surface area (Å²) in [5.41, 5.74) is 8.41. The molecule has 5 amide bonds. The number of unbranched alkanes of at least 4 members (excludes halogenated alkanes) is 1. The van der Waals surface area contributed by atoms with Crippen LogP contribution in [0.2, 0.25) is 0 Å². The molecule has 1 saturated carbocycles. The van der Waals surface area contributed by atoms with Gasteiger partial charge >= 0.3 is 36.1 Å². The van der Waals surface area contributed by atoms with Crippen molar-refractivity contribution < 1.29 is 85.9 Å². The number of esters is 4. The van der Waals surface area contributed by atoms with Crippen LogP contribution >= 0.6 is 68.0 Å². The molecule has 12 rings (SSSR count). The Labute approximate surface area is 659 Å². The van der Waals surface area contributed by atoms with E-state index in [0.29, 0.717) is 97.2 Å². The Hall–Kier alpha value is -10.7. The Morgan fingerprint density at radius 1 is 0.667 bits per heavy atom. The number of ketones is 1. The van der Waals surface area contributed by atoms with E-state index in [-0.39, 0.29) is 88.8 Å². The number of nitrogens with one attached hydrogen (secondary N) is 2. The molecule has 111 heavy (non-hydrogen) atoms. The highest BCUT2D eigenvalue weighted by Gasteiger charge is 2.48. The van der Waals surface area contributed by atoms with Crippen LogP contribution in [0.3, 0.4) is 0 Å². The van der Waals surface area contributed by atoms with Gasteiger partial charge in [0.1, 0.15) is 100 Å². The summed E-state index contributed by atoms with van der Waals surface area (Å²) in [6.45, 7) is 7.67. The van der Waals surface area contributed by atoms with Crippen LogP contribution in [0.5, 0.6) is 5.75 Å². The molecule has 7 atom stereocenters. The number of benzene rings is 2. The molecule has 1 aliphatic carbocycles. The number of hydrogen-bond donors (Lipinski definition) is 3. The number of hydrogen-bond acceptors (Lipinski definition) is 31. The van der Waals surface area contributed by atoms with Crippen LogP contribution in [-0.4, -0.2) is 157 Å². The third kappa shape index (κ3) is 19.2. The summed E-state index contributed by atoms with van der Waals surface area (Å²) in [5.74, 6) is -7.05.